The Morgan fingerprint density at radius 3 is 2.63 bits per heavy atom. The summed E-state index contributed by atoms with van der Waals surface area (Å²) in [6, 6.07) is 11.0. The fourth-order valence-corrected chi connectivity index (χ4v) is 2.47. The molecular weight excluding hydrogens is 342 g/mol. The maximum atomic E-state index is 12.1. The molecule has 0 fully saturated rings. The fourth-order valence-electron chi connectivity index (χ4n) is 2.47. The lowest BCUT2D eigenvalue weighted by molar-refractivity contribution is -0.133. The number of carbonyl (C=O) groups excluding carboxylic acids is 2. The third-order valence-corrected chi connectivity index (χ3v) is 3.99. The van der Waals surface area contributed by atoms with Gasteiger partial charge in [-0.3, -0.25) is 14.6 Å². The minimum absolute atomic E-state index is 0.0280. The SMILES string of the molecule is CCN(CC)C(=O)COc1ccccc1/C=C/C(=O)NCc1cccnc1. The Bertz CT molecular complexity index is 771. The second-order valence-electron chi connectivity index (χ2n) is 5.80. The van der Waals surface area contributed by atoms with Gasteiger partial charge in [0.05, 0.1) is 0 Å². The number of carbonyl (C=O) groups is 2. The van der Waals surface area contributed by atoms with E-state index >= 15 is 0 Å². The molecular formula is C21H25N3O3. The molecule has 1 aromatic carbocycles. The van der Waals surface area contributed by atoms with Crippen molar-refractivity contribution < 1.29 is 14.3 Å². The van der Waals surface area contributed by atoms with Gasteiger partial charge in [-0.15, -0.1) is 0 Å². The second-order valence-corrected chi connectivity index (χ2v) is 5.80. The number of hydrogen-bond donors (Lipinski definition) is 1. The maximum Gasteiger partial charge on any atom is 0.260 e. The zero-order chi connectivity index (χ0) is 19.5. The van der Waals surface area contributed by atoms with Crippen molar-refractivity contribution >= 4 is 17.9 Å². The van der Waals surface area contributed by atoms with Crippen LogP contribution in [-0.2, 0) is 16.1 Å². The third-order valence-electron chi connectivity index (χ3n) is 3.99. The zero-order valence-electron chi connectivity index (χ0n) is 15.7. The van der Waals surface area contributed by atoms with E-state index in [-0.39, 0.29) is 18.4 Å². The van der Waals surface area contributed by atoms with Gasteiger partial charge in [0.1, 0.15) is 5.75 Å². The minimum atomic E-state index is -0.215. The van der Waals surface area contributed by atoms with E-state index in [0.717, 1.165) is 11.1 Å². The number of benzene rings is 1. The molecule has 0 radical (unpaired) electrons. The minimum Gasteiger partial charge on any atom is -0.483 e. The summed E-state index contributed by atoms with van der Waals surface area (Å²) in [6.45, 7) is 5.55. The molecule has 0 aliphatic carbocycles. The summed E-state index contributed by atoms with van der Waals surface area (Å²) >= 11 is 0. The van der Waals surface area contributed by atoms with Crippen molar-refractivity contribution in [3.8, 4) is 5.75 Å². The number of rotatable bonds is 9. The van der Waals surface area contributed by atoms with E-state index in [2.05, 4.69) is 10.3 Å². The van der Waals surface area contributed by atoms with Crippen molar-refractivity contribution in [1.29, 1.82) is 0 Å². The lowest BCUT2D eigenvalue weighted by Gasteiger charge is -2.19. The van der Waals surface area contributed by atoms with Crippen LogP contribution in [-0.4, -0.2) is 41.4 Å². The average Bonchev–Trinajstić information content (AvgIpc) is 2.71. The highest BCUT2D eigenvalue weighted by atomic mass is 16.5. The van der Waals surface area contributed by atoms with Gasteiger partial charge in [-0.1, -0.05) is 24.3 Å². The second kappa shape index (κ2) is 10.8. The van der Waals surface area contributed by atoms with Gasteiger partial charge in [0.25, 0.3) is 5.91 Å². The van der Waals surface area contributed by atoms with Crippen LogP contribution in [0.5, 0.6) is 5.75 Å². The molecule has 1 aromatic heterocycles. The molecule has 0 spiro atoms. The Morgan fingerprint density at radius 1 is 1.15 bits per heavy atom. The van der Waals surface area contributed by atoms with Gasteiger partial charge in [-0.2, -0.15) is 0 Å². The molecule has 6 heteroatoms. The van der Waals surface area contributed by atoms with Gasteiger partial charge < -0.3 is 15.0 Å². The van der Waals surface area contributed by atoms with Gasteiger partial charge >= 0.3 is 0 Å². The number of nitrogens with one attached hydrogen (secondary N) is 1. The van der Waals surface area contributed by atoms with Gasteiger partial charge in [0, 0.05) is 43.7 Å². The predicted octanol–water partition coefficient (Wildman–Crippen LogP) is 2.66. The van der Waals surface area contributed by atoms with Crippen LogP contribution in [0.15, 0.2) is 54.9 Å². The smallest absolute Gasteiger partial charge is 0.260 e. The third kappa shape index (κ3) is 6.58. The molecule has 2 aromatic rings. The largest absolute Gasteiger partial charge is 0.483 e. The number of nitrogens with zero attached hydrogens (tertiary/aromatic N) is 2. The highest BCUT2D eigenvalue weighted by Crippen LogP contribution is 2.19. The molecule has 0 bridgehead atoms. The topological polar surface area (TPSA) is 71.5 Å². The number of para-hydroxylation sites is 1. The van der Waals surface area contributed by atoms with E-state index in [1.807, 2.05) is 44.2 Å². The molecule has 0 atom stereocenters. The molecule has 6 nitrogen and oxygen atoms in total. The Balaban J connectivity index is 1.93. The standard InChI is InChI=1S/C21H25N3O3/c1-3-24(4-2)21(26)16-27-19-10-6-5-9-18(19)11-12-20(25)23-15-17-8-7-13-22-14-17/h5-14H,3-4,15-16H2,1-2H3,(H,23,25)/b12-11+. The fraction of sp³-hybridized carbons (Fsp3) is 0.286. The van der Waals surface area contributed by atoms with Crippen LogP contribution in [0.2, 0.25) is 0 Å². The molecule has 142 valence electrons. The lowest BCUT2D eigenvalue weighted by Crippen LogP contribution is -2.34. The van der Waals surface area contributed by atoms with Crippen LogP contribution in [0, 0.1) is 0 Å². The summed E-state index contributed by atoms with van der Waals surface area (Å²) < 4.78 is 5.66. The first kappa shape index (κ1) is 20.2. The lowest BCUT2D eigenvalue weighted by atomic mass is 10.2. The summed E-state index contributed by atoms with van der Waals surface area (Å²) in [5, 5.41) is 2.80. The van der Waals surface area contributed by atoms with Gasteiger partial charge in [-0.05, 0) is 37.6 Å². The van der Waals surface area contributed by atoms with Gasteiger partial charge in [0.2, 0.25) is 5.91 Å². The van der Waals surface area contributed by atoms with Crippen molar-refractivity contribution in [3.63, 3.8) is 0 Å². The number of pyridine rings is 1. The molecule has 0 aliphatic rings. The first-order chi connectivity index (χ1) is 13.1. The van der Waals surface area contributed by atoms with Crippen molar-refractivity contribution in [3.05, 3.63) is 66.0 Å². The number of amides is 2. The summed E-state index contributed by atoms with van der Waals surface area (Å²) in [5.41, 5.74) is 1.67. The normalized spacial score (nSPS) is 10.6. The summed E-state index contributed by atoms with van der Waals surface area (Å²) in [5.74, 6) is 0.287. The molecule has 0 saturated carbocycles. The Kier molecular flexibility index (Phi) is 8.03. The maximum absolute atomic E-state index is 12.1. The average molecular weight is 367 g/mol. The monoisotopic (exact) mass is 367 g/mol. The Labute approximate surface area is 159 Å². The van der Waals surface area contributed by atoms with Gasteiger partial charge in [-0.25, -0.2) is 0 Å². The Morgan fingerprint density at radius 2 is 1.93 bits per heavy atom. The van der Waals surface area contributed by atoms with Gasteiger partial charge in [0.15, 0.2) is 6.61 Å². The van der Waals surface area contributed by atoms with Crippen molar-refractivity contribution in [1.82, 2.24) is 15.2 Å². The summed E-state index contributed by atoms with van der Waals surface area (Å²) in [7, 11) is 0. The molecule has 27 heavy (non-hydrogen) atoms. The number of ether oxygens (including phenoxy) is 1. The van der Waals surface area contributed by atoms with Crippen LogP contribution in [0.1, 0.15) is 25.0 Å². The van der Waals surface area contributed by atoms with E-state index in [0.29, 0.717) is 25.4 Å². The quantitative estimate of drug-likeness (QED) is 0.692. The van der Waals surface area contributed by atoms with Crippen LogP contribution < -0.4 is 10.1 Å². The van der Waals surface area contributed by atoms with Crippen molar-refractivity contribution in [2.24, 2.45) is 0 Å². The predicted molar refractivity (Wildman–Crippen MR) is 105 cm³/mol. The van der Waals surface area contributed by atoms with Crippen LogP contribution in [0.25, 0.3) is 6.08 Å². The Hall–Kier alpha value is -3.15. The van der Waals surface area contributed by atoms with E-state index in [4.69, 9.17) is 4.74 Å². The van der Waals surface area contributed by atoms with E-state index < -0.39 is 0 Å². The van der Waals surface area contributed by atoms with E-state index in [1.165, 1.54) is 6.08 Å². The molecule has 2 amide bonds. The summed E-state index contributed by atoms with van der Waals surface area (Å²) in [4.78, 5) is 29.8. The molecule has 0 saturated heterocycles. The zero-order valence-corrected chi connectivity index (χ0v) is 15.7. The van der Waals surface area contributed by atoms with Crippen molar-refractivity contribution in [2.75, 3.05) is 19.7 Å². The highest BCUT2D eigenvalue weighted by molar-refractivity contribution is 5.92. The van der Waals surface area contributed by atoms with Crippen LogP contribution >= 0.6 is 0 Å². The highest BCUT2D eigenvalue weighted by Gasteiger charge is 2.11. The first-order valence-corrected chi connectivity index (χ1v) is 8.98. The van der Waals surface area contributed by atoms with E-state index in [1.54, 1.807) is 29.4 Å². The van der Waals surface area contributed by atoms with Crippen LogP contribution in [0.3, 0.4) is 0 Å². The molecule has 0 unspecified atom stereocenters. The van der Waals surface area contributed by atoms with Crippen molar-refractivity contribution in [2.45, 2.75) is 20.4 Å². The number of likely N-dealkylation sites (N-methyl/N-ethyl adjacent to an activating group) is 1. The molecule has 0 aliphatic heterocycles. The molecule has 1 N–H and O–H groups in total. The summed E-state index contributed by atoms with van der Waals surface area (Å²) in [6.07, 6.45) is 6.52. The molecule has 2 rings (SSSR count). The van der Waals surface area contributed by atoms with E-state index in [9.17, 15) is 9.59 Å². The number of hydrogen-bond acceptors (Lipinski definition) is 4. The van der Waals surface area contributed by atoms with Crippen LogP contribution in [0.4, 0.5) is 0 Å². The number of aromatic nitrogens is 1. The first-order valence-electron chi connectivity index (χ1n) is 8.98. The molecule has 1 heterocycles.